The Morgan fingerprint density at radius 1 is 1.55 bits per heavy atom. The van der Waals surface area contributed by atoms with Crippen LogP contribution in [0.1, 0.15) is 14.5 Å². The van der Waals surface area contributed by atoms with E-state index in [2.05, 4.69) is 0 Å². The van der Waals surface area contributed by atoms with E-state index in [0.717, 1.165) is 4.88 Å². The summed E-state index contributed by atoms with van der Waals surface area (Å²) < 4.78 is 0. The second-order valence-corrected chi connectivity index (χ2v) is 3.00. The Labute approximate surface area is 74.8 Å². The number of amides is 1. The zero-order valence-corrected chi connectivity index (χ0v) is 7.37. The molecule has 0 unspecified atom stereocenters. The molecule has 1 amide bonds. The van der Waals surface area contributed by atoms with Gasteiger partial charge in [-0.1, -0.05) is 0 Å². The van der Waals surface area contributed by atoms with Gasteiger partial charge in [-0.2, -0.15) is 0 Å². The number of carbonyl (C=O) groups excluding carboxylic acids is 1. The van der Waals surface area contributed by atoms with Crippen LogP contribution in [0, 0.1) is 0 Å². The van der Waals surface area contributed by atoms with Crippen LogP contribution in [-0.2, 0) is 6.54 Å². The molecule has 0 saturated heterocycles. The normalized spacial score (nSPS) is 8.82. The lowest BCUT2D eigenvalue weighted by Gasteiger charge is -1.84. The number of primary amides is 1. The monoisotopic (exact) mass is 192 g/mol. The summed E-state index contributed by atoms with van der Waals surface area (Å²) in [4.78, 5) is 12.1. The minimum atomic E-state index is -0.385. The highest BCUT2D eigenvalue weighted by Gasteiger charge is 2.02. The van der Waals surface area contributed by atoms with E-state index in [-0.39, 0.29) is 18.3 Å². The lowest BCUT2D eigenvalue weighted by Crippen LogP contribution is -2.08. The van der Waals surface area contributed by atoms with E-state index in [1.807, 2.05) is 6.07 Å². The Morgan fingerprint density at radius 3 is 2.45 bits per heavy atom. The first-order chi connectivity index (χ1) is 4.74. The summed E-state index contributed by atoms with van der Waals surface area (Å²) in [6, 6.07) is 3.50. The van der Waals surface area contributed by atoms with Gasteiger partial charge in [0.25, 0.3) is 5.91 Å². The van der Waals surface area contributed by atoms with Crippen molar-refractivity contribution in [3.63, 3.8) is 0 Å². The van der Waals surface area contributed by atoms with Crippen LogP contribution in [0.25, 0.3) is 0 Å². The fourth-order valence-corrected chi connectivity index (χ4v) is 1.36. The third kappa shape index (κ3) is 2.49. The summed E-state index contributed by atoms with van der Waals surface area (Å²) in [5.74, 6) is -0.385. The van der Waals surface area contributed by atoms with E-state index in [1.54, 1.807) is 6.07 Å². The van der Waals surface area contributed by atoms with Crippen LogP contribution in [0.5, 0.6) is 0 Å². The number of thiophene rings is 1. The lowest BCUT2D eigenvalue weighted by molar-refractivity contribution is 0.100. The fourth-order valence-electron chi connectivity index (χ4n) is 0.620. The summed E-state index contributed by atoms with van der Waals surface area (Å²) in [6.07, 6.45) is 0. The second-order valence-electron chi connectivity index (χ2n) is 1.83. The highest BCUT2D eigenvalue weighted by molar-refractivity contribution is 7.14. The number of nitrogens with two attached hydrogens (primary N) is 2. The first kappa shape index (κ1) is 10.4. The van der Waals surface area contributed by atoms with Gasteiger partial charge in [-0.3, -0.25) is 4.79 Å². The van der Waals surface area contributed by atoms with Crippen LogP contribution in [0.15, 0.2) is 12.1 Å². The van der Waals surface area contributed by atoms with Gasteiger partial charge in [-0.15, -0.1) is 23.7 Å². The Balaban J connectivity index is 0.000001000. The van der Waals surface area contributed by atoms with Crippen molar-refractivity contribution in [1.82, 2.24) is 0 Å². The highest BCUT2D eigenvalue weighted by atomic mass is 35.5. The maximum atomic E-state index is 10.5. The molecule has 0 atom stereocenters. The molecule has 0 bridgehead atoms. The van der Waals surface area contributed by atoms with Crippen molar-refractivity contribution < 1.29 is 4.79 Å². The number of rotatable bonds is 2. The van der Waals surface area contributed by atoms with Crippen molar-refractivity contribution in [1.29, 1.82) is 0 Å². The molecule has 0 aliphatic rings. The molecular formula is C6H9ClN2OS. The van der Waals surface area contributed by atoms with Crippen molar-refractivity contribution in [2.45, 2.75) is 6.54 Å². The molecule has 5 heteroatoms. The predicted octanol–water partition coefficient (Wildman–Crippen LogP) is 0.728. The molecule has 0 aliphatic carbocycles. The molecule has 4 N–H and O–H groups in total. The van der Waals surface area contributed by atoms with E-state index in [0.29, 0.717) is 11.4 Å². The molecule has 3 nitrogen and oxygen atoms in total. The van der Waals surface area contributed by atoms with Gasteiger partial charge in [0.2, 0.25) is 0 Å². The molecule has 62 valence electrons. The van der Waals surface area contributed by atoms with Crippen molar-refractivity contribution >= 4 is 29.7 Å². The molecule has 1 rings (SSSR count). The van der Waals surface area contributed by atoms with Crippen LogP contribution in [0.3, 0.4) is 0 Å². The van der Waals surface area contributed by atoms with Crippen LogP contribution in [0.4, 0.5) is 0 Å². The van der Waals surface area contributed by atoms with Crippen molar-refractivity contribution in [2.75, 3.05) is 0 Å². The average molecular weight is 193 g/mol. The number of carbonyl (C=O) groups is 1. The molecule has 0 aliphatic heterocycles. The van der Waals surface area contributed by atoms with Crippen LogP contribution >= 0.6 is 23.7 Å². The minimum absolute atomic E-state index is 0. The van der Waals surface area contributed by atoms with E-state index in [1.165, 1.54) is 11.3 Å². The van der Waals surface area contributed by atoms with Gasteiger partial charge in [0, 0.05) is 11.4 Å². The number of hydrogen-bond acceptors (Lipinski definition) is 3. The Morgan fingerprint density at radius 2 is 2.18 bits per heavy atom. The lowest BCUT2D eigenvalue weighted by atomic mass is 10.4. The van der Waals surface area contributed by atoms with Crippen molar-refractivity contribution in [3.8, 4) is 0 Å². The molecule has 0 spiro atoms. The third-order valence-electron chi connectivity index (χ3n) is 1.11. The summed E-state index contributed by atoms with van der Waals surface area (Å²) in [7, 11) is 0. The summed E-state index contributed by atoms with van der Waals surface area (Å²) in [5, 5.41) is 0. The number of halogens is 1. The quantitative estimate of drug-likeness (QED) is 0.726. The molecule has 1 aromatic rings. The molecule has 1 aromatic heterocycles. The predicted molar refractivity (Wildman–Crippen MR) is 48.0 cm³/mol. The van der Waals surface area contributed by atoms with Crippen LogP contribution in [0.2, 0.25) is 0 Å². The van der Waals surface area contributed by atoms with Crippen molar-refractivity contribution in [3.05, 3.63) is 21.9 Å². The van der Waals surface area contributed by atoms with E-state index < -0.39 is 0 Å². The Bertz CT molecular complexity index is 248. The maximum Gasteiger partial charge on any atom is 0.258 e. The van der Waals surface area contributed by atoms with Crippen LogP contribution < -0.4 is 11.5 Å². The maximum absolute atomic E-state index is 10.5. The first-order valence-electron chi connectivity index (χ1n) is 2.82. The van der Waals surface area contributed by atoms with Crippen LogP contribution in [-0.4, -0.2) is 5.91 Å². The van der Waals surface area contributed by atoms with E-state index >= 15 is 0 Å². The summed E-state index contributed by atoms with van der Waals surface area (Å²) in [6.45, 7) is 0.470. The molecular weight excluding hydrogens is 184 g/mol. The number of hydrogen-bond donors (Lipinski definition) is 2. The van der Waals surface area contributed by atoms with Gasteiger partial charge >= 0.3 is 0 Å². The molecule has 0 radical (unpaired) electrons. The molecule has 0 fully saturated rings. The second kappa shape index (κ2) is 4.33. The van der Waals surface area contributed by atoms with Gasteiger partial charge in [0.05, 0.1) is 4.88 Å². The van der Waals surface area contributed by atoms with Gasteiger partial charge in [-0.25, -0.2) is 0 Å². The third-order valence-corrected chi connectivity index (χ3v) is 2.23. The van der Waals surface area contributed by atoms with Gasteiger partial charge in [-0.05, 0) is 12.1 Å². The van der Waals surface area contributed by atoms with Gasteiger partial charge < -0.3 is 11.5 Å². The topological polar surface area (TPSA) is 69.1 Å². The average Bonchev–Trinajstić information content (AvgIpc) is 2.34. The van der Waals surface area contributed by atoms with Gasteiger partial charge in [0.1, 0.15) is 0 Å². The zero-order chi connectivity index (χ0) is 7.56. The van der Waals surface area contributed by atoms with E-state index in [4.69, 9.17) is 11.5 Å². The largest absolute Gasteiger partial charge is 0.365 e. The van der Waals surface area contributed by atoms with E-state index in [9.17, 15) is 4.79 Å². The molecule has 1 heterocycles. The molecule has 11 heavy (non-hydrogen) atoms. The smallest absolute Gasteiger partial charge is 0.258 e. The summed E-state index contributed by atoms with van der Waals surface area (Å²) in [5.41, 5.74) is 10.3. The Hall–Kier alpha value is -0.580. The standard InChI is InChI=1S/C6H8N2OS.ClH/c7-3-4-1-2-5(10-4)6(8)9;/h1-2H,3,7H2,(H2,8,9);1H. The Kier molecular flexibility index (Phi) is 4.10. The zero-order valence-electron chi connectivity index (χ0n) is 5.74. The van der Waals surface area contributed by atoms with Gasteiger partial charge in [0.15, 0.2) is 0 Å². The molecule has 0 aromatic carbocycles. The fraction of sp³-hybridized carbons (Fsp3) is 0.167. The highest BCUT2D eigenvalue weighted by Crippen LogP contribution is 2.14. The SMILES string of the molecule is Cl.NCc1ccc(C(N)=O)s1. The molecule has 0 saturated carbocycles. The van der Waals surface area contributed by atoms with Crippen molar-refractivity contribution in [2.24, 2.45) is 11.5 Å². The first-order valence-corrected chi connectivity index (χ1v) is 3.64. The minimum Gasteiger partial charge on any atom is -0.365 e. The summed E-state index contributed by atoms with van der Waals surface area (Å²) >= 11 is 1.34.